The van der Waals surface area contributed by atoms with Crippen LogP contribution < -0.4 is 0 Å². The lowest BCUT2D eigenvalue weighted by Crippen LogP contribution is -2.31. The quantitative estimate of drug-likeness (QED) is 0.0605. The Bertz CT molecular complexity index is 569. The predicted molar refractivity (Wildman–Crippen MR) is 167 cm³/mol. The normalized spacial score (nSPS) is 12.8. The molecule has 244 valence electrons. The van der Waals surface area contributed by atoms with Crippen LogP contribution >= 0.6 is 0 Å². The van der Waals surface area contributed by atoms with Gasteiger partial charge in [-0.05, 0) is 12.8 Å². The zero-order chi connectivity index (χ0) is 30.2. The van der Waals surface area contributed by atoms with Gasteiger partial charge in [0.1, 0.15) is 12.7 Å². The molecule has 0 fully saturated rings. The van der Waals surface area contributed by atoms with Crippen LogP contribution in [0, 0.1) is 0 Å². The summed E-state index contributed by atoms with van der Waals surface area (Å²) in [7, 11) is 0. The number of aliphatic hydroxyl groups is 2. The van der Waals surface area contributed by atoms with E-state index in [9.17, 15) is 14.7 Å². The van der Waals surface area contributed by atoms with Crippen molar-refractivity contribution >= 4 is 11.9 Å². The second-order valence-electron chi connectivity index (χ2n) is 11.7. The summed E-state index contributed by atoms with van der Waals surface area (Å²) in [6.45, 7) is 3.95. The molecule has 0 radical (unpaired) electrons. The third-order valence-electron chi connectivity index (χ3n) is 7.52. The van der Waals surface area contributed by atoms with Gasteiger partial charge >= 0.3 is 11.9 Å². The van der Waals surface area contributed by atoms with Crippen molar-refractivity contribution in [2.45, 2.75) is 180 Å². The molecule has 0 aromatic heterocycles. The molecule has 7 heteroatoms. The highest BCUT2D eigenvalue weighted by Gasteiger charge is 2.18. The van der Waals surface area contributed by atoms with Crippen molar-refractivity contribution in [1.29, 1.82) is 0 Å². The van der Waals surface area contributed by atoms with Crippen LogP contribution in [0.3, 0.4) is 0 Å². The van der Waals surface area contributed by atoms with Crippen LogP contribution in [-0.2, 0) is 23.8 Å². The molecule has 0 spiro atoms. The van der Waals surface area contributed by atoms with E-state index in [1.54, 1.807) is 0 Å². The van der Waals surface area contributed by atoms with Gasteiger partial charge in [0, 0.05) is 12.8 Å². The molecule has 7 nitrogen and oxygen atoms in total. The van der Waals surface area contributed by atoms with E-state index in [-0.39, 0.29) is 31.8 Å². The van der Waals surface area contributed by atoms with E-state index in [0.29, 0.717) is 12.8 Å². The molecule has 0 saturated carbocycles. The number of carbonyl (C=O) groups excluding carboxylic acids is 2. The summed E-state index contributed by atoms with van der Waals surface area (Å²) in [6.07, 6.45) is 25.8. The summed E-state index contributed by atoms with van der Waals surface area (Å²) in [6, 6.07) is 0. The topological polar surface area (TPSA) is 102 Å². The van der Waals surface area contributed by atoms with Crippen molar-refractivity contribution in [3.8, 4) is 0 Å². The molecule has 2 N–H and O–H groups in total. The van der Waals surface area contributed by atoms with E-state index < -0.39 is 18.8 Å². The molecule has 0 rings (SSSR count). The van der Waals surface area contributed by atoms with Crippen LogP contribution in [0.1, 0.15) is 168 Å². The highest BCUT2D eigenvalue weighted by atomic mass is 16.6. The van der Waals surface area contributed by atoms with E-state index in [1.807, 2.05) is 0 Å². The number of unbranched alkanes of at least 4 members (excludes halogenated alkanes) is 20. The van der Waals surface area contributed by atoms with Gasteiger partial charge in [-0.2, -0.15) is 0 Å². The van der Waals surface area contributed by atoms with Crippen molar-refractivity contribution in [3.63, 3.8) is 0 Å². The molecular formula is C34H66O7. The largest absolute Gasteiger partial charge is 0.462 e. The smallest absolute Gasteiger partial charge is 0.306 e. The minimum atomic E-state index is -0.994. The minimum absolute atomic E-state index is 0.00673. The average Bonchev–Trinajstić information content (AvgIpc) is 2.97. The van der Waals surface area contributed by atoms with Gasteiger partial charge in [0.2, 0.25) is 0 Å². The van der Waals surface area contributed by atoms with Crippen LogP contribution in [0.25, 0.3) is 0 Å². The Morgan fingerprint density at radius 2 is 0.927 bits per heavy atom. The lowest BCUT2D eigenvalue weighted by atomic mass is 10.1. The molecular weight excluding hydrogens is 520 g/mol. The number of rotatable bonds is 32. The summed E-state index contributed by atoms with van der Waals surface area (Å²) in [5.41, 5.74) is 0. The van der Waals surface area contributed by atoms with Crippen molar-refractivity contribution in [3.05, 3.63) is 0 Å². The molecule has 0 aliphatic carbocycles. The number of hydrogen-bond donors (Lipinski definition) is 2. The third kappa shape index (κ3) is 30.1. The fourth-order valence-electron chi connectivity index (χ4n) is 4.87. The Hall–Kier alpha value is -1.18. The van der Waals surface area contributed by atoms with Gasteiger partial charge in [0.05, 0.1) is 19.8 Å². The molecule has 2 atom stereocenters. The molecule has 0 aliphatic heterocycles. The number of hydrogen-bond acceptors (Lipinski definition) is 7. The molecule has 0 saturated heterocycles. The molecule has 2 unspecified atom stereocenters. The molecule has 0 amide bonds. The lowest BCUT2D eigenvalue weighted by Gasteiger charge is -2.19. The lowest BCUT2D eigenvalue weighted by molar-refractivity contribution is -0.163. The SMILES string of the molecule is CCCCCCCCCCCCCC(=O)OCC(COCC(O)CO)OC(=O)CCCCCCCCCCCCC. The van der Waals surface area contributed by atoms with Gasteiger partial charge in [-0.1, -0.05) is 142 Å². The summed E-state index contributed by atoms with van der Waals surface area (Å²) in [5.74, 6) is -0.610. The molecule has 0 heterocycles. The van der Waals surface area contributed by atoms with Crippen LogP contribution in [0.5, 0.6) is 0 Å². The van der Waals surface area contributed by atoms with Gasteiger partial charge in [-0.3, -0.25) is 9.59 Å². The van der Waals surface area contributed by atoms with Gasteiger partial charge < -0.3 is 24.4 Å². The van der Waals surface area contributed by atoms with Crippen LogP contribution in [0.15, 0.2) is 0 Å². The number of esters is 2. The highest BCUT2D eigenvalue weighted by Crippen LogP contribution is 2.14. The number of carbonyl (C=O) groups is 2. The zero-order valence-corrected chi connectivity index (χ0v) is 26.9. The Kier molecular flexibility index (Phi) is 30.8. The summed E-state index contributed by atoms with van der Waals surface area (Å²) in [5, 5.41) is 18.5. The first kappa shape index (κ1) is 39.8. The molecule has 0 aliphatic rings. The van der Waals surface area contributed by atoms with Crippen LogP contribution in [0.4, 0.5) is 0 Å². The van der Waals surface area contributed by atoms with Gasteiger partial charge in [0.25, 0.3) is 0 Å². The second-order valence-corrected chi connectivity index (χ2v) is 11.7. The predicted octanol–water partition coefficient (Wildman–Crippen LogP) is 8.21. The van der Waals surface area contributed by atoms with E-state index in [1.165, 1.54) is 103 Å². The van der Waals surface area contributed by atoms with E-state index in [4.69, 9.17) is 19.3 Å². The molecule has 41 heavy (non-hydrogen) atoms. The zero-order valence-electron chi connectivity index (χ0n) is 26.9. The standard InChI is InChI=1S/C34H66O7/c1-3-5-7-9-11-13-15-17-19-21-23-25-33(37)40-30-32(29-39-28-31(36)27-35)41-34(38)26-24-22-20-18-16-14-12-10-8-6-4-2/h31-32,35-36H,3-30H2,1-2H3. The van der Waals surface area contributed by atoms with Gasteiger partial charge in [-0.25, -0.2) is 0 Å². The average molecular weight is 587 g/mol. The van der Waals surface area contributed by atoms with Crippen LogP contribution in [-0.4, -0.2) is 60.8 Å². The maximum absolute atomic E-state index is 12.4. The Labute approximate surface area is 252 Å². The molecule has 0 aromatic carbocycles. The van der Waals surface area contributed by atoms with Gasteiger partial charge in [-0.15, -0.1) is 0 Å². The van der Waals surface area contributed by atoms with Gasteiger partial charge in [0.15, 0.2) is 6.10 Å². The number of ether oxygens (including phenoxy) is 3. The summed E-state index contributed by atoms with van der Waals surface area (Å²) in [4.78, 5) is 24.6. The van der Waals surface area contributed by atoms with E-state index >= 15 is 0 Å². The first-order valence-electron chi connectivity index (χ1n) is 17.2. The Balaban J connectivity index is 4.04. The second kappa shape index (κ2) is 31.7. The Morgan fingerprint density at radius 3 is 1.34 bits per heavy atom. The maximum Gasteiger partial charge on any atom is 0.306 e. The Morgan fingerprint density at radius 1 is 0.537 bits per heavy atom. The molecule has 0 bridgehead atoms. The monoisotopic (exact) mass is 586 g/mol. The minimum Gasteiger partial charge on any atom is -0.462 e. The third-order valence-corrected chi connectivity index (χ3v) is 7.52. The molecule has 0 aromatic rings. The van der Waals surface area contributed by atoms with Crippen molar-refractivity contribution in [2.24, 2.45) is 0 Å². The summed E-state index contributed by atoms with van der Waals surface area (Å²) < 4.78 is 16.3. The summed E-state index contributed by atoms with van der Waals surface area (Å²) >= 11 is 0. The highest BCUT2D eigenvalue weighted by molar-refractivity contribution is 5.70. The fourth-order valence-corrected chi connectivity index (χ4v) is 4.87. The van der Waals surface area contributed by atoms with Crippen LogP contribution in [0.2, 0.25) is 0 Å². The van der Waals surface area contributed by atoms with Crippen molar-refractivity contribution < 1.29 is 34.0 Å². The fraction of sp³-hybridized carbons (Fsp3) is 0.941. The van der Waals surface area contributed by atoms with Crippen molar-refractivity contribution in [2.75, 3.05) is 26.4 Å². The maximum atomic E-state index is 12.4. The first-order valence-corrected chi connectivity index (χ1v) is 17.2. The number of aliphatic hydroxyl groups excluding tert-OH is 2. The first-order chi connectivity index (χ1) is 20.0. The van der Waals surface area contributed by atoms with Crippen molar-refractivity contribution in [1.82, 2.24) is 0 Å². The van der Waals surface area contributed by atoms with E-state index in [2.05, 4.69) is 13.8 Å². The van der Waals surface area contributed by atoms with E-state index in [0.717, 1.165) is 38.5 Å².